The predicted molar refractivity (Wildman–Crippen MR) is 91.9 cm³/mol. The Bertz CT molecular complexity index is 830. The van der Waals surface area contributed by atoms with Crippen molar-refractivity contribution in [1.82, 2.24) is 24.3 Å². The van der Waals surface area contributed by atoms with E-state index in [0.717, 1.165) is 53.9 Å². The Morgan fingerprint density at radius 1 is 1.17 bits per heavy atom. The normalized spacial score (nSPS) is 19.0. The second kappa shape index (κ2) is 5.69. The van der Waals surface area contributed by atoms with E-state index in [2.05, 4.69) is 42.8 Å². The van der Waals surface area contributed by atoms with Crippen molar-refractivity contribution in [3.63, 3.8) is 0 Å². The van der Waals surface area contributed by atoms with Crippen molar-refractivity contribution in [3.8, 4) is 0 Å². The Morgan fingerprint density at radius 3 is 2.74 bits per heavy atom. The van der Waals surface area contributed by atoms with Gasteiger partial charge in [0.05, 0.1) is 11.4 Å². The third kappa shape index (κ3) is 2.77. The molecule has 0 spiro atoms. The molecule has 1 unspecified atom stereocenters. The van der Waals surface area contributed by atoms with Gasteiger partial charge in [-0.2, -0.15) is 0 Å². The minimum Gasteiger partial charge on any atom is -0.297 e. The van der Waals surface area contributed by atoms with Gasteiger partial charge in [0.25, 0.3) is 0 Å². The lowest BCUT2D eigenvalue weighted by atomic mass is 10.1. The molecule has 6 heteroatoms. The zero-order chi connectivity index (χ0) is 16.0. The number of likely N-dealkylation sites (tertiary alicyclic amines) is 1. The van der Waals surface area contributed by atoms with Crippen LogP contribution in [-0.4, -0.2) is 37.3 Å². The zero-order valence-corrected chi connectivity index (χ0v) is 14.6. The summed E-state index contributed by atoms with van der Waals surface area (Å²) >= 11 is 1.69. The van der Waals surface area contributed by atoms with Crippen LogP contribution in [-0.2, 0) is 6.54 Å². The van der Waals surface area contributed by atoms with Crippen molar-refractivity contribution < 1.29 is 0 Å². The molecule has 1 aliphatic rings. The Morgan fingerprint density at radius 2 is 1.96 bits per heavy atom. The number of rotatable bonds is 3. The Hall–Kier alpha value is -1.79. The molecule has 1 saturated heterocycles. The van der Waals surface area contributed by atoms with Gasteiger partial charge in [0.2, 0.25) is 0 Å². The van der Waals surface area contributed by atoms with E-state index in [0.29, 0.717) is 5.92 Å². The van der Waals surface area contributed by atoms with Gasteiger partial charge in [-0.15, -0.1) is 11.3 Å². The average molecular weight is 327 g/mol. The van der Waals surface area contributed by atoms with Crippen LogP contribution in [0.25, 0.3) is 4.96 Å². The molecule has 23 heavy (non-hydrogen) atoms. The molecule has 0 bridgehead atoms. The average Bonchev–Trinajstić information content (AvgIpc) is 3.17. The Balaban J connectivity index is 1.52. The number of fused-ring (bicyclic) bond motifs is 1. The molecule has 4 rings (SSSR count). The third-order valence-corrected chi connectivity index (χ3v) is 5.33. The van der Waals surface area contributed by atoms with Gasteiger partial charge in [0, 0.05) is 42.0 Å². The summed E-state index contributed by atoms with van der Waals surface area (Å²) in [6, 6.07) is 2.04. The van der Waals surface area contributed by atoms with Crippen molar-refractivity contribution in [2.45, 2.75) is 39.7 Å². The molecule has 120 valence electrons. The summed E-state index contributed by atoms with van der Waals surface area (Å²) in [5, 5.41) is 2.10. The van der Waals surface area contributed by atoms with Crippen molar-refractivity contribution in [3.05, 3.63) is 46.2 Å². The second-order valence-corrected chi connectivity index (χ2v) is 7.30. The molecule has 0 N–H and O–H groups in total. The maximum absolute atomic E-state index is 4.65. The molecule has 0 saturated carbocycles. The van der Waals surface area contributed by atoms with E-state index in [1.165, 1.54) is 5.69 Å². The summed E-state index contributed by atoms with van der Waals surface area (Å²) in [5.41, 5.74) is 4.58. The number of aryl methyl sites for hydroxylation is 3. The first kappa shape index (κ1) is 14.8. The number of hydrogen-bond donors (Lipinski definition) is 0. The van der Waals surface area contributed by atoms with Crippen LogP contribution >= 0.6 is 11.3 Å². The zero-order valence-electron chi connectivity index (χ0n) is 13.8. The van der Waals surface area contributed by atoms with E-state index in [-0.39, 0.29) is 0 Å². The fourth-order valence-corrected chi connectivity index (χ4v) is 4.24. The molecule has 1 atom stereocenters. The molecule has 5 nitrogen and oxygen atoms in total. The van der Waals surface area contributed by atoms with Crippen LogP contribution in [0.4, 0.5) is 0 Å². The van der Waals surface area contributed by atoms with E-state index < -0.39 is 0 Å². The van der Waals surface area contributed by atoms with Crippen molar-refractivity contribution in [2.75, 3.05) is 13.1 Å². The predicted octanol–water partition coefficient (Wildman–Crippen LogP) is 3.10. The van der Waals surface area contributed by atoms with Crippen molar-refractivity contribution in [1.29, 1.82) is 0 Å². The fraction of sp³-hybridized carbons (Fsp3) is 0.471. The van der Waals surface area contributed by atoms with Crippen LogP contribution in [0.15, 0.2) is 17.6 Å². The van der Waals surface area contributed by atoms with Crippen LogP contribution in [0.2, 0.25) is 0 Å². The maximum Gasteiger partial charge on any atom is 0.194 e. The van der Waals surface area contributed by atoms with Crippen LogP contribution < -0.4 is 0 Å². The highest BCUT2D eigenvalue weighted by atomic mass is 32.1. The lowest BCUT2D eigenvalue weighted by Gasteiger charge is -2.16. The van der Waals surface area contributed by atoms with E-state index in [1.807, 2.05) is 19.9 Å². The first-order chi connectivity index (χ1) is 11.1. The summed E-state index contributed by atoms with van der Waals surface area (Å²) < 4.78 is 2.22. The van der Waals surface area contributed by atoms with Gasteiger partial charge >= 0.3 is 0 Å². The van der Waals surface area contributed by atoms with E-state index in [9.17, 15) is 0 Å². The van der Waals surface area contributed by atoms with Crippen LogP contribution in [0.1, 0.15) is 40.9 Å². The van der Waals surface area contributed by atoms with Gasteiger partial charge < -0.3 is 0 Å². The number of imidazole rings is 1. The molecule has 0 aliphatic carbocycles. The summed E-state index contributed by atoms with van der Waals surface area (Å²) in [6.07, 6.45) is 3.25. The van der Waals surface area contributed by atoms with E-state index in [4.69, 9.17) is 0 Å². The quantitative estimate of drug-likeness (QED) is 0.741. The maximum atomic E-state index is 4.65. The first-order valence-electron chi connectivity index (χ1n) is 8.05. The summed E-state index contributed by atoms with van der Waals surface area (Å²) in [6.45, 7) is 9.28. The number of aromatic nitrogens is 4. The summed E-state index contributed by atoms with van der Waals surface area (Å²) in [4.78, 5) is 17.5. The minimum absolute atomic E-state index is 0.444. The topological polar surface area (TPSA) is 46.3 Å². The highest BCUT2D eigenvalue weighted by Gasteiger charge is 2.27. The highest BCUT2D eigenvalue weighted by molar-refractivity contribution is 7.15. The lowest BCUT2D eigenvalue weighted by molar-refractivity contribution is 0.320. The van der Waals surface area contributed by atoms with Crippen LogP contribution in [0.5, 0.6) is 0 Å². The Kier molecular flexibility index (Phi) is 3.66. The molecule has 3 aromatic rings. The van der Waals surface area contributed by atoms with Gasteiger partial charge in [-0.1, -0.05) is 0 Å². The summed E-state index contributed by atoms with van der Waals surface area (Å²) in [7, 11) is 0. The van der Waals surface area contributed by atoms with Crippen molar-refractivity contribution >= 4 is 16.3 Å². The van der Waals surface area contributed by atoms with E-state index >= 15 is 0 Å². The SMILES string of the molecule is Cc1cc(C)nc(C2CCN(Cc3c(C)nc4sccn34)C2)n1. The first-order valence-corrected chi connectivity index (χ1v) is 8.93. The van der Waals surface area contributed by atoms with Gasteiger partial charge in [0.15, 0.2) is 4.96 Å². The molecular weight excluding hydrogens is 306 g/mol. The van der Waals surface area contributed by atoms with Crippen LogP contribution in [0, 0.1) is 20.8 Å². The number of nitrogens with zero attached hydrogens (tertiary/aromatic N) is 5. The van der Waals surface area contributed by atoms with Crippen molar-refractivity contribution in [2.24, 2.45) is 0 Å². The van der Waals surface area contributed by atoms with Gasteiger partial charge in [-0.25, -0.2) is 15.0 Å². The van der Waals surface area contributed by atoms with Gasteiger partial charge in [-0.3, -0.25) is 9.30 Å². The van der Waals surface area contributed by atoms with Gasteiger partial charge in [0.1, 0.15) is 5.82 Å². The third-order valence-electron chi connectivity index (χ3n) is 4.57. The highest BCUT2D eigenvalue weighted by Crippen LogP contribution is 2.27. The molecule has 0 radical (unpaired) electrons. The standard InChI is InChI=1S/C17H21N5S/c1-11-8-12(2)19-16(18-11)14-4-5-21(9-14)10-15-13(3)20-17-22(15)6-7-23-17/h6-8,14H,4-5,9-10H2,1-3H3. The lowest BCUT2D eigenvalue weighted by Crippen LogP contribution is -2.21. The number of hydrogen-bond acceptors (Lipinski definition) is 5. The molecule has 4 heterocycles. The van der Waals surface area contributed by atoms with Crippen LogP contribution in [0.3, 0.4) is 0 Å². The van der Waals surface area contributed by atoms with E-state index in [1.54, 1.807) is 11.3 Å². The molecule has 1 fully saturated rings. The molecular formula is C17H21N5S. The molecule has 3 aromatic heterocycles. The smallest absolute Gasteiger partial charge is 0.194 e. The fourth-order valence-electron chi connectivity index (χ4n) is 3.47. The largest absolute Gasteiger partial charge is 0.297 e. The van der Waals surface area contributed by atoms with Gasteiger partial charge in [-0.05, 0) is 39.8 Å². The Labute approximate surface area is 140 Å². The molecule has 1 aliphatic heterocycles. The minimum atomic E-state index is 0.444. The second-order valence-electron chi connectivity index (χ2n) is 6.43. The summed E-state index contributed by atoms with van der Waals surface area (Å²) in [5.74, 6) is 1.45. The molecule has 0 amide bonds. The molecule has 0 aromatic carbocycles. The monoisotopic (exact) mass is 327 g/mol. The number of thiazole rings is 1.